The number of aryl methyl sites for hydroxylation is 1. The Labute approximate surface area is 178 Å². The molecule has 1 saturated heterocycles. The van der Waals surface area contributed by atoms with E-state index < -0.39 is 0 Å². The second-order valence-electron chi connectivity index (χ2n) is 8.29. The molecule has 30 heavy (non-hydrogen) atoms. The van der Waals surface area contributed by atoms with Crippen LogP contribution in [0.25, 0.3) is 0 Å². The fraction of sp³-hybridized carbons (Fsp3) is 0.440. The number of benzene rings is 2. The topological polar surface area (TPSA) is 58.6 Å². The summed E-state index contributed by atoms with van der Waals surface area (Å²) >= 11 is 0. The minimum Gasteiger partial charge on any atom is -0.490 e. The van der Waals surface area contributed by atoms with Gasteiger partial charge in [-0.25, -0.2) is 0 Å². The molecule has 158 valence electrons. The van der Waals surface area contributed by atoms with Gasteiger partial charge >= 0.3 is 0 Å². The van der Waals surface area contributed by atoms with Crippen LogP contribution in [-0.4, -0.2) is 42.5 Å². The maximum Gasteiger partial charge on any atom is 0.251 e. The second-order valence-corrected chi connectivity index (χ2v) is 8.29. The largest absolute Gasteiger partial charge is 0.490 e. The monoisotopic (exact) mass is 406 g/mol. The normalized spacial score (nSPS) is 16.9. The van der Waals surface area contributed by atoms with Crippen LogP contribution in [-0.2, 0) is 11.2 Å². The molecule has 0 bridgehead atoms. The van der Waals surface area contributed by atoms with Gasteiger partial charge in [0.25, 0.3) is 5.91 Å². The van der Waals surface area contributed by atoms with Gasteiger partial charge in [-0.05, 0) is 55.5 Å². The average Bonchev–Trinajstić information content (AvgIpc) is 3.63. The van der Waals surface area contributed by atoms with E-state index >= 15 is 0 Å². The Morgan fingerprint density at radius 1 is 0.933 bits per heavy atom. The first kappa shape index (κ1) is 20.5. The van der Waals surface area contributed by atoms with Crippen LogP contribution < -0.4 is 10.1 Å². The fourth-order valence-electron chi connectivity index (χ4n) is 3.90. The molecular formula is C25H30N2O3. The molecule has 0 aromatic heterocycles. The van der Waals surface area contributed by atoms with Gasteiger partial charge in [-0.3, -0.25) is 9.59 Å². The number of carbonyl (C=O) groups excluding carboxylic acids is 2. The molecule has 2 aromatic carbocycles. The van der Waals surface area contributed by atoms with Crippen molar-refractivity contribution in [3.05, 3.63) is 65.7 Å². The van der Waals surface area contributed by atoms with Gasteiger partial charge in [-0.1, -0.05) is 30.3 Å². The quantitative estimate of drug-likeness (QED) is 0.678. The summed E-state index contributed by atoms with van der Waals surface area (Å²) in [5.74, 6) is 1.34. The van der Waals surface area contributed by atoms with Crippen molar-refractivity contribution in [2.45, 2.75) is 44.6 Å². The van der Waals surface area contributed by atoms with E-state index in [1.165, 1.54) is 5.56 Å². The summed E-state index contributed by atoms with van der Waals surface area (Å²) in [6.45, 7) is 2.22. The Balaban J connectivity index is 1.17. The van der Waals surface area contributed by atoms with Crippen LogP contribution in [0.4, 0.5) is 0 Å². The van der Waals surface area contributed by atoms with Crippen LogP contribution in [0.5, 0.6) is 5.75 Å². The van der Waals surface area contributed by atoms with E-state index in [-0.39, 0.29) is 12.0 Å². The van der Waals surface area contributed by atoms with Crippen molar-refractivity contribution in [3.8, 4) is 5.75 Å². The predicted octanol–water partition coefficient (Wildman–Crippen LogP) is 3.83. The number of amides is 2. The predicted molar refractivity (Wildman–Crippen MR) is 116 cm³/mol. The lowest BCUT2D eigenvalue weighted by Crippen LogP contribution is -2.42. The fourth-order valence-corrected chi connectivity index (χ4v) is 3.90. The molecule has 0 radical (unpaired) electrons. The number of ether oxygens (including phenoxy) is 1. The van der Waals surface area contributed by atoms with Crippen molar-refractivity contribution in [3.63, 3.8) is 0 Å². The Morgan fingerprint density at radius 3 is 2.30 bits per heavy atom. The number of likely N-dealkylation sites (tertiary alicyclic amines) is 1. The molecule has 2 amide bonds. The summed E-state index contributed by atoms with van der Waals surface area (Å²) in [6, 6.07) is 17.6. The third-order valence-corrected chi connectivity index (χ3v) is 5.87. The van der Waals surface area contributed by atoms with Crippen LogP contribution in [0.2, 0.25) is 0 Å². The molecule has 1 aliphatic carbocycles. The van der Waals surface area contributed by atoms with Gasteiger partial charge in [0.1, 0.15) is 11.9 Å². The van der Waals surface area contributed by atoms with Gasteiger partial charge in [-0.2, -0.15) is 0 Å². The molecule has 2 aromatic rings. The number of nitrogens with one attached hydrogen (secondary N) is 1. The molecule has 1 aliphatic heterocycles. The molecular weight excluding hydrogens is 376 g/mol. The third kappa shape index (κ3) is 5.62. The van der Waals surface area contributed by atoms with Gasteiger partial charge < -0.3 is 15.0 Å². The highest BCUT2D eigenvalue weighted by Gasteiger charge is 2.35. The molecule has 4 rings (SSSR count). The maximum absolute atomic E-state index is 12.3. The van der Waals surface area contributed by atoms with E-state index in [9.17, 15) is 9.59 Å². The zero-order valence-corrected chi connectivity index (χ0v) is 17.4. The number of hydrogen-bond donors (Lipinski definition) is 1. The SMILES string of the molecule is O=C(NCCCc1ccccc1)c1ccc(OC2CCN(C(=O)C3CC3)CC2)cc1. The second kappa shape index (κ2) is 9.79. The van der Waals surface area contributed by atoms with Crippen molar-refractivity contribution in [1.82, 2.24) is 10.2 Å². The molecule has 5 nitrogen and oxygen atoms in total. The summed E-state index contributed by atoms with van der Waals surface area (Å²) in [6.07, 6.45) is 5.85. The highest BCUT2D eigenvalue weighted by atomic mass is 16.5. The van der Waals surface area contributed by atoms with Crippen LogP contribution in [0.3, 0.4) is 0 Å². The zero-order chi connectivity index (χ0) is 20.8. The molecule has 0 spiro atoms. The lowest BCUT2D eigenvalue weighted by atomic mass is 10.1. The van der Waals surface area contributed by atoms with Gasteiger partial charge in [0.15, 0.2) is 0 Å². The van der Waals surface area contributed by atoms with E-state index in [4.69, 9.17) is 4.74 Å². The number of nitrogens with zero attached hydrogens (tertiary/aromatic N) is 1. The van der Waals surface area contributed by atoms with Gasteiger partial charge in [0, 0.05) is 44.0 Å². The van der Waals surface area contributed by atoms with Crippen molar-refractivity contribution >= 4 is 11.8 Å². The number of carbonyl (C=O) groups is 2. The van der Waals surface area contributed by atoms with E-state index in [0.29, 0.717) is 23.9 Å². The van der Waals surface area contributed by atoms with E-state index in [2.05, 4.69) is 17.4 Å². The standard InChI is InChI=1S/C25H30N2O3/c28-24(26-16-4-7-19-5-2-1-3-6-19)20-10-12-22(13-11-20)30-23-14-17-27(18-15-23)25(29)21-8-9-21/h1-3,5-6,10-13,21,23H,4,7-9,14-18H2,(H,26,28). The van der Waals surface area contributed by atoms with E-state index in [0.717, 1.165) is 57.4 Å². The van der Waals surface area contributed by atoms with Crippen LogP contribution >= 0.6 is 0 Å². The molecule has 1 N–H and O–H groups in total. The van der Waals surface area contributed by atoms with Gasteiger partial charge in [-0.15, -0.1) is 0 Å². The van der Waals surface area contributed by atoms with Crippen molar-refractivity contribution in [1.29, 1.82) is 0 Å². The first-order valence-electron chi connectivity index (χ1n) is 11.1. The zero-order valence-electron chi connectivity index (χ0n) is 17.4. The Hall–Kier alpha value is -2.82. The van der Waals surface area contributed by atoms with Gasteiger partial charge in [0.2, 0.25) is 5.91 Å². The van der Waals surface area contributed by atoms with E-state index in [1.807, 2.05) is 47.4 Å². The summed E-state index contributed by atoms with van der Waals surface area (Å²) in [5, 5.41) is 2.98. The minimum absolute atomic E-state index is 0.0542. The summed E-state index contributed by atoms with van der Waals surface area (Å²) in [4.78, 5) is 26.5. The lowest BCUT2D eigenvalue weighted by molar-refractivity contribution is -0.134. The maximum atomic E-state index is 12.3. The third-order valence-electron chi connectivity index (χ3n) is 5.87. The molecule has 2 aliphatic rings. The highest BCUT2D eigenvalue weighted by Crippen LogP contribution is 2.32. The molecule has 5 heteroatoms. The molecule has 1 saturated carbocycles. The van der Waals surface area contributed by atoms with Crippen LogP contribution in [0.15, 0.2) is 54.6 Å². The average molecular weight is 407 g/mol. The number of rotatable bonds is 8. The first-order chi connectivity index (χ1) is 14.7. The van der Waals surface area contributed by atoms with E-state index in [1.54, 1.807) is 0 Å². The Bertz CT molecular complexity index is 838. The number of hydrogen-bond acceptors (Lipinski definition) is 3. The van der Waals surface area contributed by atoms with Crippen molar-refractivity contribution < 1.29 is 14.3 Å². The molecule has 1 heterocycles. The number of piperidine rings is 1. The molecule has 0 unspecified atom stereocenters. The Kier molecular flexibility index (Phi) is 6.67. The van der Waals surface area contributed by atoms with Crippen LogP contribution in [0, 0.1) is 5.92 Å². The Morgan fingerprint density at radius 2 is 1.63 bits per heavy atom. The van der Waals surface area contributed by atoms with Crippen molar-refractivity contribution in [2.24, 2.45) is 5.92 Å². The minimum atomic E-state index is -0.0542. The summed E-state index contributed by atoms with van der Waals surface area (Å²) in [5.41, 5.74) is 1.93. The summed E-state index contributed by atoms with van der Waals surface area (Å²) < 4.78 is 6.07. The smallest absolute Gasteiger partial charge is 0.251 e. The first-order valence-corrected chi connectivity index (χ1v) is 11.1. The highest BCUT2D eigenvalue weighted by molar-refractivity contribution is 5.94. The van der Waals surface area contributed by atoms with Crippen molar-refractivity contribution in [2.75, 3.05) is 19.6 Å². The summed E-state index contributed by atoms with van der Waals surface area (Å²) in [7, 11) is 0. The molecule has 2 fully saturated rings. The van der Waals surface area contributed by atoms with Gasteiger partial charge in [0.05, 0.1) is 0 Å². The molecule has 0 atom stereocenters. The van der Waals surface area contributed by atoms with Crippen LogP contribution in [0.1, 0.15) is 48.0 Å². The lowest BCUT2D eigenvalue weighted by Gasteiger charge is -2.32.